The summed E-state index contributed by atoms with van der Waals surface area (Å²) in [5, 5.41) is 11.0. The molecule has 0 saturated heterocycles. The minimum atomic E-state index is -0.123. The first-order chi connectivity index (χ1) is 32.5. The number of nitrogens with one attached hydrogen (secondary N) is 1. The zero-order chi connectivity index (χ0) is 46.4. The normalized spacial score (nSPS) is 16.4. The van der Waals surface area contributed by atoms with Crippen LogP contribution in [0.1, 0.15) is 103 Å². The number of fused-ring (bicyclic) bond motifs is 15. The van der Waals surface area contributed by atoms with Crippen LogP contribution < -0.4 is 16.2 Å². The predicted molar refractivity (Wildman–Crippen MR) is 287 cm³/mol. The number of anilines is 2. The predicted octanol–water partition coefficient (Wildman–Crippen LogP) is 15.9. The second-order valence-electron chi connectivity index (χ2n) is 23.1. The summed E-state index contributed by atoms with van der Waals surface area (Å²) in [4.78, 5) is 0. The highest BCUT2D eigenvalue weighted by atomic mass is 16.3. The fourth-order valence-electron chi connectivity index (χ4n) is 12.6. The van der Waals surface area contributed by atoms with E-state index in [0.717, 1.165) is 73.7 Å². The Morgan fingerprint density at radius 2 is 1.18 bits per heavy atom. The molecule has 0 spiro atoms. The zero-order valence-corrected chi connectivity index (χ0v) is 40.5. The number of aromatic nitrogens is 1. The lowest BCUT2D eigenvalue weighted by atomic mass is 9.59. The maximum absolute atomic E-state index is 6.94. The van der Waals surface area contributed by atoms with E-state index in [1.54, 1.807) is 0 Å². The molecule has 0 unspecified atom stereocenters. The Kier molecular flexibility index (Phi) is 7.77. The second kappa shape index (κ2) is 13.2. The van der Waals surface area contributed by atoms with Crippen LogP contribution in [0.3, 0.4) is 0 Å². The van der Waals surface area contributed by atoms with Crippen LogP contribution in [0.15, 0.2) is 142 Å². The van der Waals surface area contributed by atoms with Crippen LogP contribution in [0.2, 0.25) is 0 Å². The molecular formula is C63H54BN2O2. The summed E-state index contributed by atoms with van der Waals surface area (Å²) in [6.45, 7) is 21.2. The number of para-hydroxylation sites is 1. The molecule has 0 atom stereocenters. The fraction of sp³-hybridized carbons (Fsp3) is 0.238. The van der Waals surface area contributed by atoms with Gasteiger partial charge in [0.2, 0.25) is 0 Å². The highest BCUT2D eigenvalue weighted by molar-refractivity contribution is 6.73. The van der Waals surface area contributed by atoms with Gasteiger partial charge >= 0.3 is 0 Å². The average molecular weight is 882 g/mol. The second-order valence-corrected chi connectivity index (χ2v) is 23.1. The van der Waals surface area contributed by atoms with Crippen LogP contribution in [-0.2, 0) is 21.7 Å². The van der Waals surface area contributed by atoms with E-state index in [2.05, 4.69) is 213 Å². The lowest BCUT2D eigenvalue weighted by molar-refractivity contribution is 0.332. The highest BCUT2D eigenvalue weighted by Crippen LogP contribution is 2.53. The van der Waals surface area contributed by atoms with Crippen LogP contribution in [0.4, 0.5) is 11.4 Å². The smallest absolute Gasteiger partial charge is 0.198 e. The monoisotopic (exact) mass is 881 g/mol. The van der Waals surface area contributed by atoms with Crippen molar-refractivity contribution in [1.82, 2.24) is 4.57 Å². The molecule has 331 valence electrons. The third-order valence-corrected chi connectivity index (χ3v) is 16.6. The summed E-state index contributed by atoms with van der Waals surface area (Å²) in [5.41, 5.74) is 23.6. The summed E-state index contributed by atoms with van der Waals surface area (Å²) < 4.78 is 16.1. The topological polar surface area (TPSA) is 43.2 Å². The molecule has 4 heterocycles. The van der Waals surface area contributed by atoms with Crippen molar-refractivity contribution < 1.29 is 8.83 Å². The molecule has 8 aromatic carbocycles. The van der Waals surface area contributed by atoms with Crippen LogP contribution in [-0.4, -0.2) is 11.8 Å². The molecule has 1 N–H and O–H groups in total. The number of hydrogen-bond donors (Lipinski definition) is 1. The van der Waals surface area contributed by atoms with Crippen LogP contribution in [0.5, 0.6) is 0 Å². The molecule has 14 rings (SSSR count). The Morgan fingerprint density at radius 3 is 1.97 bits per heavy atom. The quantitative estimate of drug-likeness (QED) is 0.180. The summed E-state index contributed by atoms with van der Waals surface area (Å²) in [5.74, 6) is 0. The van der Waals surface area contributed by atoms with Gasteiger partial charge in [0.05, 0.1) is 11.2 Å². The minimum Gasteiger partial charge on any atom is -0.456 e. The van der Waals surface area contributed by atoms with Crippen LogP contribution >= 0.6 is 0 Å². The highest BCUT2D eigenvalue weighted by Gasteiger charge is 2.39. The van der Waals surface area contributed by atoms with E-state index in [4.69, 9.17) is 8.83 Å². The molecule has 4 nitrogen and oxygen atoms in total. The molecule has 3 aromatic heterocycles. The molecular weight excluding hydrogens is 828 g/mol. The summed E-state index contributed by atoms with van der Waals surface area (Å²) in [6, 6.07) is 50.2. The van der Waals surface area contributed by atoms with E-state index in [0.29, 0.717) is 0 Å². The van der Waals surface area contributed by atoms with Crippen molar-refractivity contribution >= 4 is 95.3 Å². The Balaban J connectivity index is 1.07. The largest absolute Gasteiger partial charge is 0.456 e. The lowest BCUT2D eigenvalue weighted by Crippen LogP contribution is -2.37. The Labute approximate surface area is 398 Å². The van der Waals surface area contributed by atoms with Crippen molar-refractivity contribution in [3.63, 3.8) is 0 Å². The van der Waals surface area contributed by atoms with E-state index in [1.165, 1.54) is 82.8 Å². The van der Waals surface area contributed by atoms with Gasteiger partial charge in [0, 0.05) is 66.3 Å². The molecule has 68 heavy (non-hydrogen) atoms. The van der Waals surface area contributed by atoms with Crippen LogP contribution in [0.25, 0.3) is 93.6 Å². The first-order valence-electron chi connectivity index (χ1n) is 24.5. The van der Waals surface area contributed by atoms with E-state index in [-0.39, 0.29) is 21.7 Å². The van der Waals surface area contributed by atoms with Crippen molar-refractivity contribution in [2.75, 3.05) is 5.32 Å². The van der Waals surface area contributed by atoms with Gasteiger partial charge in [-0.1, -0.05) is 135 Å². The average Bonchev–Trinajstić information content (AvgIpc) is 4.02. The zero-order valence-electron chi connectivity index (χ0n) is 40.5. The molecule has 1 radical (unpaired) electrons. The number of benzene rings is 8. The third-order valence-electron chi connectivity index (χ3n) is 16.6. The Morgan fingerprint density at radius 1 is 0.515 bits per heavy atom. The summed E-state index contributed by atoms with van der Waals surface area (Å²) in [7, 11) is 2.42. The van der Waals surface area contributed by atoms with Gasteiger partial charge in [-0.05, 0) is 140 Å². The van der Waals surface area contributed by atoms with E-state index < -0.39 is 0 Å². The van der Waals surface area contributed by atoms with Crippen LogP contribution in [0, 0.1) is 0 Å². The molecule has 0 fully saturated rings. The molecule has 3 aliphatic rings. The number of nitrogens with zero attached hydrogens (tertiary/aromatic N) is 1. The SMILES string of the molecule is CC(C)(C)c1ccc(Nc2cc3oc4cc5c(cc4c3cc2-c2ccc3c4cc6c(cc4n4c3c2[B]c2cc3oc7ccccc7c3cc2-4)-c2ccccc2C6(C)C)C(C)(C)CCC5(C)C)cc1. The Bertz CT molecular complexity index is 4030. The van der Waals surface area contributed by atoms with Crippen molar-refractivity contribution in [2.24, 2.45) is 0 Å². The van der Waals surface area contributed by atoms with Gasteiger partial charge < -0.3 is 18.7 Å². The summed E-state index contributed by atoms with van der Waals surface area (Å²) >= 11 is 0. The molecule has 5 heteroatoms. The van der Waals surface area contributed by atoms with Gasteiger partial charge in [-0.2, -0.15) is 0 Å². The first kappa shape index (κ1) is 40.1. The molecule has 0 bridgehead atoms. The van der Waals surface area contributed by atoms with Crippen molar-refractivity contribution in [2.45, 2.75) is 96.8 Å². The molecule has 0 amide bonds. The van der Waals surface area contributed by atoms with E-state index in [1.807, 2.05) is 0 Å². The lowest BCUT2D eigenvalue weighted by Gasteiger charge is -2.41. The molecule has 1 aliphatic heterocycles. The molecule has 11 aromatic rings. The van der Waals surface area contributed by atoms with Crippen molar-refractivity contribution in [3.8, 4) is 27.9 Å². The van der Waals surface area contributed by atoms with Gasteiger partial charge in [0.1, 0.15) is 22.3 Å². The maximum atomic E-state index is 6.94. The van der Waals surface area contributed by atoms with Crippen molar-refractivity contribution in [3.05, 3.63) is 161 Å². The maximum Gasteiger partial charge on any atom is 0.198 e. The van der Waals surface area contributed by atoms with E-state index >= 15 is 0 Å². The number of hydrogen-bond acceptors (Lipinski definition) is 3. The van der Waals surface area contributed by atoms with Gasteiger partial charge in [0.25, 0.3) is 0 Å². The first-order valence-corrected chi connectivity index (χ1v) is 24.5. The van der Waals surface area contributed by atoms with Gasteiger partial charge in [0.15, 0.2) is 7.28 Å². The standard InChI is InChI=1S/C63H54BN2O2/c1-60(2,3)34-18-20-35(21-19-34)65-51-33-57-43(44-28-48-49(31-55(44)68-57)62(6,7)25-24-61(48,4)5)26-41(51)38-22-23-39-42-27-47-40(36-14-10-12-16-46(36)63(47,8)9)29-52(42)66-53-30-45-37-15-11-13-17-54(37)67-56(45)32-50(53)64-58(38)59(39)66/h10-23,26-33,65H,24-25H2,1-9H3. The molecule has 0 saturated carbocycles. The van der Waals surface area contributed by atoms with Gasteiger partial charge in [-0.15, -0.1) is 0 Å². The number of furan rings is 2. The molecule has 2 aliphatic carbocycles. The minimum absolute atomic E-state index is 0.0507. The summed E-state index contributed by atoms with van der Waals surface area (Å²) in [6.07, 6.45) is 2.31. The third kappa shape index (κ3) is 5.45. The van der Waals surface area contributed by atoms with Crippen molar-refractivity contribution in [1.29, 1.82) is 0 Å². The van der Waals surface area contributed by atoms with Gasteiger partial charge in [-0.25, -0.2) is 0 Å². The van der Waals surface area contributed by atoms with E-state index in [9.17, 15) is 0 Å². The van der Waals surface area contributed by atoms with Gasteiger partial charge in [-0.3, -0.25) is 0 Å². The Hall–Kier alpha value is -6.98. The number of rotatable bonds is 3. The fourth-order valence-corrected chi connectivity index (χ4v) is 12.6.